The van der Waals surface area contributed by atoms with E-state index in [-0.39, 0.29) is 31.5 Å². The molecule has 1 N–H and O–H groups in total. The smallest absolute Gasteiger partial charge is 0.315 e. The van der Waals surface area contributed by atoms with Gasteiger partial charge in [-0.3, -0.25) is 14.5 Å². The fourth-order valence-corrected chi connectivity index (χ4v) is 4.30. The van der Waals surface area contributed by atoms with Gasteiger partial charge in [0.25, 0.3) is 0 Å². The maximum atomic E-state index is 12.8. The van der Waals surface area contributed by atoms with Crippen molar-refractivity contribution in [2.45, 2.75) is 5.92 Å². The van der Waals surface area contributed by atoms with Gasteiger partial charge in [0.1, 0.15) is 12.0 Å². The van der Waals surface area contributed by atoms with Gasteiger partial charge in [0.15, 0.2) is 11.5 Å². The predicted octanol–water partition coefficient (Wildman–Crippen LogP) is 0.417. The Morgan fingerprint density at radius 1 is 1.33 bits per heavy atom. The molecule has 3 aliphatic rings. The van der Waals surface area contributed by atoms with E-state index >= 15 is 0 Å². The average Bonchev–Trinajstić information content (AvgIpc) is 3.10. The van der Waals surface area contributed by atoms with Crippen LogP contribution in [0.2, 0.25) is 0 Å². The van der Waals surface area contributed by atoms with Crippen molar-refractivity contribution in [1.29, 1.82) is 0 Å². The molecular formula is C19H24N2O6. The van der Waals surface area contributed by atoms with Gasteiger partial charge in [-0.15, -0.1) is 0 Å². The highest BCUT2D eigenvalue weighted by molar-refractivity contribution is 5.84. The number of carboxylic acid groups (broad SMARTS) is 1. The third-order valence-electron chi connectivity index (χ3n) is 5.86. The van der Waals surface area contributed by atoms with E-state index in [1.54, 1.807) is 18.1 Å². The first-order chi connectivity index (χ1) is 13.0. The molecule has 3 heterocycles. The van der Waals surface area contributed by atoms with Gasteiger partial charge in [-0.1, -0.05) is 12.1 Å². The van der Waals surface area contributed by atoms with Crippen LogP contribution in [0.25, 0.3) is 0 Å². The number of para-hydroxylation sites is 1. The number of fused-ring (bicyclic) bond motifs is 3. The molecule has 1 aromatic carbocycles. The number of benzene rings is 1. The Morgan fingerprint density at radius 2 is 2.11 bits per heavy atom. The van der Waals surface area contributed by atoms with Crippen LogP contribution >= 0.6 is 0 Å². The monoisotopic (exact) mass is 376 g/mol. The molecule has 2 fully saturated rings. The summed E-state index contributed by atoms with van der Waals surface area (Å²) in [6.45, 7) is 3.53. The van der Waals surface area contributed by atoms with Crippen LogP contribution in [-0.2, 0) is 14.3 Å². The second-order valence-corrected chi connectivity index (χ2v) is 7.34. The number of carbonyl (C=O) groups is 2. The highest BCUT2D eigenvalue weighted by atomic mass is 16.5. The fraction of sp³-hybridized carbons (Fsp3) is 0.579. The minimum atomic E-state index is -1.12. The van der Waals surface area contributed by atoms with E-state index in [1.807, 2.05) is 12.1 Å². The zero-order valence-electron chi connectivity index (χ0n) is 15.3. The van der Waals surface area contributed by atoms with E-state index in [4.69, 9.17) is 14.2 Å². The molecule has 27 heavy (non-hydrogen) atoms. The molecule has 0 radical (unpaired) electrons. The molecule has 0 aromatic heterocycles. The lowest BCUT2D eigenvalue weighted by molar-refractivity contribution is -0.152. The molecule has 0 saturated carbocycles. The lowest BCUT2D eigenvalue weighted by Crippen LogP contribution is -2.47. The first-order valence-corrected chi connectivity index (χ1v) is 9.16. The number of methoxy groups -OCH3 is 1. The molecule has 0 aliphatic carbocycles. The SMILES string of the molecule is COc1cccc2c1OC[C@@]1(C(=O)O)CN(C(=O)CN3CCOCC3)C[C@@H]21. The van der Waals surface area contributed by atoms with E-state index in [1.165, 1.54) is 0 Å². The van der Waals surface area contributed by atoms with Crippen LogP contribution in [-0.4, -0.2) is 86.4 Å². The number of rotatable bonds is 4. The molecule has 146 valence electrons. The Bertz CT molecular complexity index is 748. The van der Waals surface area contributed by atoms with E-state index in [0.717, 1.165) is 18.7 Å². The molecular weight excluding hydrogens is 352 g/mol. The van der Waals surface area contributed by atoms with Gasteiger partial charge in [-0.25, -0.2) is 0 Å². The summed E-state index contributed by atoms with van der Waals surface area (Å²) >= 11 is 0. The van der Waals surface area contributed by atoms with Gasteiger partial charge in [-0.2, -0.15) is 0 Å². The van der Waals surface area contributed by atoms with Gasteiger partial charge < -0.3 is 24.2 Å². The Labute approximate surface area is 157 Å². The highest BCUT2D eigenvalue weighted by Gasteiger charge is 2.58. The van der Waals surface area contributed by atoms with Crippen molar-refractivity contribution >= 4 is 11.9 Å². The Kier molecular flexibility index (Phi) is 4.69. The van der Waals surface area contributed by atoms with Crippen molar-refractivity contribution in [2.75, 3.05) is 59.7 Å². The Balaban J connectivity index is 1.59. The standard InChI is InChI=1S/C19H24N2O6/c1-25-15-4-2-3-13-14-9-21(16(22)10-20-5-7-26-8-6-20)11-19(14,18(23)24)12-27-17(13)15/h2-4,14H,5-12H2,1H3,(H,23,24)/t14-,19-/m0/s1. The Hall–Kier alpha value is -2.32. The van der Waals surface area contributed by atoms with Crippen LogP contribution in [0.4, 0.5) is 0 Å². The van der Waals surface area contributed by atoms with Crippen LogP contribution < -0.4 is 9.47 Å². The molecule has 0 bridgehead atoms. The predicted molar refractivity (Wildman–Crippen MR) is 95.1 cm³/mol. The van der Waals surface area contributed by atoms with Crippen LogP contribution in [0.15, 0.2) is 18.2 Å². The number of ether oxygens (including phenoxy) is 3. The largest absolute Gasteiger partial charge is 0.493 e. The Morgan fingerprint density at radius 3 is 2.81 bits per heavy atom. The summed E-state index contributed by atoms with van der Waals surface area (Å²) in [4.78, 5) is 28.8. The van der Waals surface area contributed by atoms with Crippen LogP contribution in [0.5, 0.6) is 11.5 Å². The number of nitrogens with zero attached hydrogens (tertiary/aromatic N) is 2. The molecule has 2 saturated heterocycles. The van der Waals surface area contributed by atoms with E-state index in [2.05, 4.69) is 4.90 Å². The average molecular weight is 376 g/mol. The number of aliphatic carboxylic acids is 1. The van der Waals surface area contributed by atoms with Crippen molar-refractivity contribution in [3.05, 3.63) is 23.8 Å². The summed E-state index contributed by atoms with van der Waals surface area (Å²) in [7, 11) is 1.56. The third kappa shape index (κ3) is 3.02. The van der Waals surface area contributed by atoms with Crippen molar-refractivity contribution in [3.8, 4) is 11.5 Å². The van der Waals surface area contributed by atoms with E-state index < -0.39 is 11.4 Å². The molecule has 8 nitrogen and oxygen atoms in total. The summed E-state index contributed by atoms with van der Waals surface area (Å²) in [5, 5.41) is 10.00. The quantitative estimate of drug-likeness (QED) is 0.815. The molecule has 4 rings (SSSR count). The van der Waals surface area contributed by atoms with Crippen LogP contribution in [0, 0.1) is 5.41 Å². The number of hydrogen-bond acceptors (Lipinski definition) is 6. The molecule has 8 heteroatoms. The lowest BCUT2D eigenvalue weighted by Gasteiger charge is -2.36. The van der Waals surface area contributed by atoms with Gasteiger partial charge in [0.2, 0.25) is 5.91 Å². The maximum Gasteiger partial charge on any atom is 0.315 e. The normalized spacial score (nSPS) is 27.4. The van der Waals surface area contributed by atoms with E-state index in [0.29, 0.717) is 31.3 Å². The topological polar surface area (TPSA) is 88.5 Å². The first kappa shape index (κ1) is 18.1. The molecule has 2 atom stereocenters. The van der Waals surface area contributed by atoms with E-state index in [9.17, 15) is 14.7 Å². The minimum absolute atomic E-state index is 0.0295. The maximum absolute atomic E-state index is 12.8. The molecule has 1 amide bonds. The summed E-state index contributed by atoms with van der Waals surface area (Å²) in [6.07, 6.45) is 0. The fourth-order valence-electron chi connectivity index (χ4n) is 4.30. The summed E-state index contributed by atoms with van der Waals surface area (Å²) < 4.78 is 16.5. The zero-order valence-corrected chi connectivity index (χ0v) is 15.3. The van der Waals surface area contributed by atoms with Gasteiger partial charge >= 0.3 is 5.97 Å². The van der Waals surface area contributed by atoms with Gasteiger partial charge in [-0.05, 0) is 6.07 Å². The third-order valence-corrected chi connectivity index (χ3v) is 5.86. The minimum Gasteiger partial charge on any atom is -0.493 e. The molecule has 0 unspecified atom stereocenters. The molecule has 3 aliphatic heterocycles. The number of carbonyl (C=O) groups excluding carboxylic acids is 1. The van der Waals surface area contributed by atoms with Crippen molar-refractivity contribution < 1.29 is 28.9 Å². The first-order valence-electron chi connectivity index (χ1n) is 9.16. The van der Waals surface area contributed by atoms with Crippen LogP contribution in [0.3, 0.4) is 0 Å². The lowest BCUT2D eigenvalue weighted by atomic mass is 9.73. The van der Waals surface area contributed by atoms with Crippen molar-refractivity contribution in [3.63, 3.8) is 0 Å². The number of morpholine rings is 1. The second kappa shape index (κ2) is 7.01. The van der Waals surface area contributed by atoms with Crippen molar-refractivity contribution in [1.82, 2.24) is 9.80 Å². The number of likely N-dealkylation sites (tertiary alicyclic amines) is 1. The number of amides is 1. The van der Waals surface area contributed by atoms with Crippen LogP contribution in [0.1, 0.15) is 11.5 Å². The molecule has 0 spiro atoms. The van der Waals surface area contributed by atoms with Crippen molar-refractivity contribution in [2.24, 2.45) is 5.41 Å². The summed E-state index contributed by atoms with van der Waals surface area (Å²) in [6, 6.07) is 5.50. The number of carboxylic acids is 1. The molecule has 1 aromatic rings. The van der Waals surface area contributed by atoms with Gasteiger partial charge in [0, 0.05) is 37.7 Å². The zero-order chi connectivity index (χ0) is 19.0. The summed E-state index contributed by atoms with van der Waals surface area (Å²) in [5.41, 5.74) is -0.329. The van der Waals surface area contributed by atoms with Gasteiger partial charge in [0.05, 0.1) is 26.9 Å². The number of hydrogen-bond donors (Lipinski definition) is 1. The second-order valence-electron chi connectivity index (χ2n) is 7.34. The highest BCUT2D eigenvalue weighted by Crippen LogP contribution is 2.52. The summed E-state index contributed by atoms with van der Waals surface area (Å²) in [5.74, 6) is -0.115.